The second-order valence-corrected chi connectivity index (χ2v) is 4.27. The van der Waals surface area contributed by atoms with Crippen molar-refractivity contribution >= 4 is 23.1 Å². The molecule has 0 radical (unpaired) electrons. The van der Waals surface area contributed by atoms with Gasteiger partial charge in [0.1, 0.15) is 18.2 Å². The maximum atomic E-state index is 5.67. The third kappa shape index (κ3) is 4.30. The summed E-state index contributed by atoms with van der Waals surface area (Å²) in [6.07, 6.45) is 0. The Labute approximate surface area is 117 Å². The lowest BCUT2D eigenvalue weighted by Gasteiger charge is -2.06. The molecule has 0 heterocycles. The zero-order chi connectivity index (χ0) is 13.5. The minimum Gasteiger partial charge on any atom is -0.489 e. The number of nitrogens with zero attached hydrogens (tertiary/aromatic N) is 1. The van der Waals surface area contributed by atoms with Crippen molar-refractivity contribution in [3.63, 3.8) is 0 Å². The Kier molecular flexibility index (Phi) is 4.81. The molecule has 0 bridgehead atoms. The summed E-state index contributed by atoms with van der Waals surface area (Å²) >= 11 is 5.57. The molecule has 0 aliphatic carbocycles. The molecule has 0 aromatic heterocycles. The number of amidine groups is 1. The highest BCUT2D eigenvalue weighted by atomic mass is 35.5. The first-order valence-electron chi connectivity index (χ1n) is 5.94. The van der Waals surface area contributed by atoms with Gasteiger partial charge < -0.3 is 10.5 Å². The number of hydrogen-bond donors (Lipinski definition) is 1. The summed E-state index contributed by atoms with van der Waals surface area (Å²) in [6, 6.07) is 17.4. The van der Waals surface area contributed by atoms with Crippen molar-refractivity contribution < 1.29 is 4.74 Å². The van der Waals surface area contributed by atoms with Gasteiger partial charge in [-0.2, -0.15) is 0 Å². The predicted molar refractivity (Wildman–Crippen MR) is 79.2 cm³/mol. The highest BCUT2D eigenvalue weighted by molar-refractivity contribution is 6.28. The third-order valence-electron chi connectivity index (χ3n) is 2.49. The quantitative estimate of drug-likeness (QED) is 0.515. The Bertz CT molecular complexity index is 538. The van der Waals surface area contributed by atoms with Gasteiger partial charge in [0, 0.05) is 0 Å². The summed E-state index contributed by atoms with van der Waals surface area (Å²) in [6.45, 7) is 0.549. The lowest BCUT2D eigenvalue weighted by Crippen LogP contribution is -2.12. The molecule has 2 N–H and O–H groups in total. The van der Waals surface area contributed by atoms with E-state index in [2.05, 4.69) is 4.99 Å². The van der Waals surface area contributed by atoms with Gasteiger partial charge in [-0.3, -0.25) is 0 Å². The van der Waals surface area contributed by atoms with E-state index in [0.717, 1.165) is 17.0 Å². The summed E-state index contributed by atoms with van der Waals surface area (Å²) < 4.78 is 5.67. The number of hydrogen-bond acceptors (Lipinski definition) is 2. The van der Waals surface area contributed by atoms with E-state index < -0.39 is 0 Å². The van der Waals surface area contributed by atoms with Crippen LogP contribution in [0.2, 0.25) is 0 Å². The van der Waals surface area contributed by atoms with Crippen LogP contribution in [-0.4, -0.2) is 11.7 Å². The van der Waals surface area contributed by atoms with E-state index in [1.807, 2.05) is 54.6 Å². The van der Waals surface area contributed by atoms with Gasteiger partial charge in [-0.15, -0.1) is 11.6 Å². The van der Waals surface area contributed by atoms with Crippen molar-refractivity contribution in [2.45, 2.75) is 6.61 Å². The molecular weight excluding hydrogens is 260 g/mol. The highest BCUT2D eigenvalue weighted by Crippen LogP contribution is 2.19. The van der Waals surface area contributed by atoms with Gasteiger partial charge in [-0.05, 0) is 29.8 Å². The molecule has 0 spiro atoms. The first-order chi connectivity index (χ1) is 9.28. The summed E-state index contributed by atoms with van der Waals surface area (Å²) in [5, 5.41) is 0. The van der Waals surface area contributed by atoms with E-state index >= 15 is 0 Å². The molecule has 0 fully saturated rings. The SMILES string of the molecule is NC(CCl)=Nc1ccc(OCc2ccccc2)cc1. The van der Waals surface area contributed by atoms with Crippen LogP contribution in [0.3, 0.4) is 0 Å². The van der Waals surface area contributed by atoms with Crippen molar-refractivity contribution in [3.05, 3.63) is 60.2 Å². The van der Waals surface area contributed by atoms with E-state index in [-0.39, 0.29) is 5.88 Å². The van der Waals surface area contributed by atoms with Crippen LogP contribution >= 0.6 is 11.6 Å². The molecule has 2 rings (SSSR count). The topological polar surface area (TPSA) is 47.6 Å². The number of aliphatic imine (C=N–C) groups is 1. The molecule has 4 heteroatoms. The zero-order valence-corrected chi connectivity index (χ0v) is 11.2. The van der Waals surface area contributed by atoms with Gasteiger partial charge in [0.25, 0.3) is 0 Å². The predicted octanol–water partition coefficient (Wildman–Crippen LogP) is 3.49. The minimum atomic E-state index is 0.228. The van der Waals surface area contributed by atoms with Crippen LogP contribution in [0, 0.1) is 0 Å². The fourth-order valence-corrected chi connectivity index (χ4v) is 1.61. The molecule has 0 aliphatic rings. The van der Waals surface area contributed by atoms with E-state index in [0.29, 0.717) is 12.4 Å². The average molecular weight is 275 g/mol. The lowest BCUT2D eigenvalue weighted by molar-refractivity contribution is 0.306. The molecular formula is C15H15ClN2O. The molecule has 0 atom stereocenters. The monoisotopic (exact) mass is 274 g/mol. The molecule has 0 saturated carbocycles. The fraction of sp³-hybridized carbons (Fsp3) is 0.133. The van der Waals surface area contributed by atoms with Crippen LogP contribution in [0.25, 0.3) is 0 Å². The van der Waals surface area contributed by atoms with Crippen molar-refractivity contribution in [1.82, 2.24) is 0 Å². The minimum absolute atomic E-state index is 0.228. The maximum absolute atomic E-state index is 5.67. The largest absolute Gasteiger partial charge is 0.489 e. The second-order valence-electron chi connectivity index (χ2n) is 4.00. The smallest absolute Gasteiger partial charge is 0.119 e. The Morgan fingerprint density at radius 2 is 1.74 bits per heavy atom. The van der Waals surface area contributed by atoms with Crippen LogP contribution in [0.15, 0.2) is 59.6 Å². The van der Waals surface area contributed by atoms with Gasteiger partial charge in [0.2, 0.25) is 0 Å². The van der Waals surface area contributed by atoms with Gasteiger partial charge in [-0.1, -0.05) is 30.3 Å². The standard InChI is InChI=1S/C15H15ClN2O/c16-10-15(17)18-13-6-8-14(9-7-13)19-11-12-4-2-1-3-5-12/h1-9H,10-11H2,(H2,17,18). The number of alkyl halides is 1. The van der Waals surface area contributed by atoms with Crippen LogP contribution in [0.4, 0.5) is 5.69 Å². The Hall–Kier alpha value is -2.00. The van der Waals surface area contributed by atoms with Gasteiger partial charge >= 0.3 is 0 Å². The number of rotatable bonds is 5. The molecule has 0 amide bonds. The van der Waals surface area contributed by atoms with Crippen LogP contribution < -0.4 is 10.5 Å². The van der Waals surface area contributed by atoms with Crippen LogP contribution in [-0.2, 0) is 6.61 Å². The van der Waals surface area contributed by atoms with Crippen LogP contribution in [0.5, 0.6) is 5.75 Å². The first kappa shape index (κ1) is 13.4. The summed E-state index contributed by atoms with van der Waals surface area (Å²) in [4.78, 5) is 4.14. The second kappa shape index (κ2) is 6.81. The lowest BCUT2D eigenvalue weighted by atomic mass is 10.2. The van der Waals surface area contributed by atoms with Crippen LogP contribution in [0.1, 0.15) is 5.56 Å². The Balaban J connectivity index is 1.96. The van der Waals surface area contributed by atoms with E-state index in [1.54, 1.807) is 0 Å². The molecule has 0 saturated heterocycles. The van der Waals surface area contributed by atoms with Crippen molar-refractivity contribution in [2.24, 2.45) is 10.7 Å². The molecule has 19 heavy (non-hydrogen) atoms. The average Bonchev–Trinajstić information content (AvgIpc) is 2.47. The maximum Gasteiger partial charge on any atom is 0.119 e. The zero-order valence-electron chi connectivity index (χ0n) is 10.4. The fourth-order valence-electron chi connectivity index (χ4n) is 1.55. The number of ether oxygens (including phenoxy) is 1. The summed E-state index contributed by atoms with van der Waals surface area (Å²) in [7, 11) is 0. The van der Waals surface area contributed by atoms with Gasteiger partial charge in [-0.25, -0.2) is 4.99 Å². The normalized spacial score (nSPS) is 11.3. The summed E-state index contributed by atoms with van der Waals surface area (Å²) in [5.41, 5.74) is 7.47. The van der Waals surface area contributed by atoms with Crippen molar-refractivity contribution in [3.8, 4) is 5.75 Å². The van der Waals surface area contributed by atoms with E-state index in [9.17, 15) is 0 Å². The molecule has 2 aromatic carbocycles. The van der Waals surface area contributed by atoms with E-state index in [4.69, 9.17) is 22.1 Å². The number of halogens is 1. The first-order valence-corrected chi connectivity index (χ1v) is 6.47. The Morgan fingerprint density at radius 3 is 2.37 bits per heavy atom. The van der Waals surface area contributed by atoms with E-state index in [1.165, 1.54) is 0 Å². The van der Waals surface area contributed by atoms with Crippen molar-refractivity contribution in [1.29, 1.82) is 0 Å². The molecule has 3 nitrogen and oxygen atoms in total. The molecule has 0 unspecified atom stereocenters. The molecule has 0 aliphatic heterocycles. The third-order valence-corrected chi connectivity index (χ3v) is 2.77. The Morgan fingerprint density at radius 1 is 1.05 bits per heavy atom. The highest BCUT2D eigenvalue weighted by Gasteiger charge is 1.97. The summed E-state index contributed by atoms with van der Waals surface area (Å²) in [5.74, 6) is 1.43. The molecule has 98 valence electrons. The molecule has 2 aromatic rings. The number of benzene rings is 2. The van der Waals surface area contributed by atoms with Gasteiger partial charge in [0.15, 0.2) is 0 Å². The van der Waals surface area contributed by atoms with Crippen molar-refractivity contribution in [2.75, 3.05) is 5.88 Å². The number of nitrogens with two attached hydrogens (primary N) is 1. The van der Waals surface area contributed by atoms with Gasteiger partial charge in [0.05, 0.1) is 11.6 Å².